The number of likely N-dealkylation sites (tertiary alicyclic amines) is 1. The lowest BCUT2D eigenvalue weighted by molar-refractivity contribution is -0.130. The number of carbonyl (C=O) groups excluding carboxylic acids is 2. The molecule has 1 aliphatic heterocycles. The zero-order valence-electron chi connectivity index (χ0n) is 14.3. The number of ketones is 1. The molecule has 1 saturated heterocycles. The van der Waals surface area contributed by atoms with Crippen LogP contribution in [-0.2, 0) is 10.4 Å². The lowest BCUT2D eigenvalue weighted by Gasteiger charge is -2.38. The van der Waals surface area contributed by atoms with E-state index in [0.717, 1.165) is 16.5 Å². The van der Waals surface area contributed by atoms with Gasteiger partial charge in [-0.1, -0.05) is 48.5 Å². The van der Waals surface area contributed by atoms with Gasteiger partial charge in [0.05, 0.1) is 11.2 Å². The minimum absolute atomic E-state index is 0.359. The number of para-hydroxylation sites is 1. The van der Waals surface area contributed by atoms with E-state index in [1.807, 2.05) is 54.6 Å². The van der Waals surface area contributed by atoms with E-state index in [9.17, 15) is 14.7 Å². The fourth-order valence-corrected chi connectivity index (χ4v) is 3.63. The number of nitrogens with one attached hydrogen (secondary N) is 1. The van der Waals surface area contributed by atoms with E-state index >= 15 is 0 Å². The maximum absolute atomic E-state index is 12.7. The second-order valence-electron chi connectivity index (χ2n) is 6.77. The summed E-state index contributed by atoms with van der Waals surface area (Å²) in [5, 5.41) is 11.6. The van der Waals surface area contributed by atoms with Crippen LogP contribution in [0.2, 0.25) is 0 Å². The van der Waals surface area contributed by atoms with Crippen LogP contribution in [-0.4, -0.2) is 39.8 Å². The van der Waals surface area contributed by atoms with Crippen LogP contribution in [0.25, 0.3) is 10.9 Å². The fourth-order valence-electron chi connectivity index (χ4n) is 3.63. The zero-order chi connectivity index (χ0) is 18.1. The fraction of sp³-hybridized carbons (Fsp3) is 0.238. The van der Waals surface area contributed by atoms with Crippen LogP contribution in [0.5, 0.6) is 0 Å². The number of fused-ring (bicyclic) bond motifs is 1. The van der Waals surface area contributed by atoms with Crippen LogP contribution in [0.4, 0.5) is 0 Å². The summed E-state index contributed by atoms with van der Waals surface area (Å²) >= 11 is 0. The number of aliphatic hydroxyl groups is 1. The van der Waals surface area contributed by atoms with Gasteiger partial charge in [-0.05, 0) is 24.5 Å². The molecule has 0 radical (unpaired) electrons. The summed E-state index contributed by atoms with van der Waals surface area (Å²) in [4.78, 5) is 29.9. The molecular weight excluding hydrogens is 328 g/mol. The molecule has 4 rings (SSSR count). The Balaban J connectivity index is 1.49. The van der Waals surface area contributed by atoms with E-state index in [1.54, 1.807) is 11.1 Å². The molecule has 1 aliphatic rings. The summed E-state index contributed by atoms with van der Waals surface area (Å²) in [6, 6.07) is 16.9. The molecule has 1 fully saturated rings. The average molecular weight is 348 g/mol. The van der Waals surface area contributed by atoms with Crippen LogP contribution in [0.3, 0.4) is 0 Å². The van der Waals surface area contributed by atoms with Gasteiger partial charge in [-0.15, -0.1) is 0 Å². The van der Waals surface area contributed by atoms with Crippen molar-refractivity contribution >= 4 is 22.6 Å². The lowest BCUT2D eigenvalue weighted by Crippen LogP contribution is -2.47. The molecule has 2 N–H and O–H groups in total. The van der Waals surface area contributed by atoms with Gasteiger partial charge in [-0.2, -0.15) is 0 Å². The van der Waals surface area contributed by atoms with Crippen LogP contribution in [0.1, 0.15) is 28.8 Å². The summed E-state index contributed by atoms with van der Waals surface area (Å²) < 4.78 is 0. The molecule has 3 aromatic rings. The first-order chi connectivity index (χ1) is 12.6. The second-order valence-corrected chi connectivity index (χ2v) is 6.77. The number of H-pyrrole nitrogens is 1. The standard InChI is InChI=1S/C21H20N2O3/c24-19(17-14-22-18-9-5-4-8-16(17)18)20(25)23-12-10-21(26,11-13-23)15-6-2-1-3-7-15/h1-9,14,22,26H,10-13H2. The molecule has 5 heteroatoms. The van der Waals surface area contributed by atoms with Crippen molar-refractivity contribution in [3.8, 4) is 0 Å². The average Bonchev–Trinajstić information content (AvgIpc) is 3.12. The smallest absolute Gasteiger partial charge is 0.295 e. The highest BCUT2D eigenvalue weighted by atomic mass is 16.3. The zero-order valence-corrected chi connectivity index (χ0v) is 14.3. The molecule has 2 aromatic carbocycles. The van der Waals surface area contributed by atoms with Crippen molar-refractivity contribution in [1.82, 2.24) is 9.88 Å². The van der Waals surface area contributed by atoms with Gasteiger partial charge in [0.2, 0.25) is 0 Å². The van der Waals surface area contributed by atoms with Crippen molar-refractivity contribution in [2.75, 3.05) is 13.1 Å². The number of amides is 1. The van der Waals surface area contributed by atoms with E-state index < -0.39 is 17.3 Å². The highest BCUT2D eigenvalue weighted by Gasteiger charge is 2.37. The van der Waals surface area contributed by atoms with Crippen LogP contribution in [0.15, 0.2) is 60.8 Å². The summed E-state index contributed by atoms with van der Waals surface area (Å²) in [7, 11) is 0. The molecule has 1 aromatic heterocycles. The number of piperidine rings is 1. The van der Waals surface area contributed by atoms with Crippen molar-refractivity contribution in [3.05, 3.63) is 71.9 Å². The quantitative estimate of drug-likeness (QED) is 0.565. The number of hydrogen-bond acceptors (Lipinski definition) is 3. The molecule has 0 bridgehead atoms. The second kappa shape index (κ2) is 6.42. The van der Waals surface area contributed by atoms with E-state index in [1.165, 1.54) is 0 Å². The molecule has 0 spiro atoms. The van der Waals surface area contributed by atoms with E-state index in [-0.39, 0.29) is 0 Å². The Morgan fingerprint density at radius 2 is 1.62 bits per heavy atom. The van der Waals surface area contributed by atoms with Gasteiger partial charge in [0.1, 0.15) is 0 Å². The van der Waals surface area contributed by atoms with Gasteiger partial charge >= 0.3 is 0 Å². The Morgan fingerprint density at radius 1 is 0.962 bits per heavy atom. The Kier molecular flexibility index (Phi) is 4.09. The number of Topliss-reactive ketones (excluding diaryl/α,β-unsaturated/α-hetero) is 1. The maximum Gasteiger partial charge on any atom is 0.295 e. The number of rotatable bonds is 3. The van der Waals surface area contributed by atoms with Gasteiger partial charge in [-0.25, -0.2) is 0 Å². The Labute approximate surface area is 151 Å². The van der Waals surface area contributed by atoms with Crippen LogP contribution >= 0.6 is 0 Å². The summed E-state index contributed by atoms with van der Waals surface area (Å²) in [6.45, 7) is 0.719. The van der Waals surface area contributed by atoms with Gasteiger partial charge in [0.25, 0.3) is 11.7 Å². The molecule has 0 unspecified atom stereocenters. The molecule has 1 amide bonds. The third-order valence-corrected chi connectivity index (χ3v) is 5.22. The molecule has 0 aliphatic carbocycles. The third kappa shape index (κ3) is 2.80. The summed E-state index contributed by atoms with van der Waals surface area (Å²) in [5.41, 5.74) is 1.15. The highest BCUT2D eigenvalue weighted by Crippen LogP contribution is 2.33. The molecule has 26 heavy (non-hydrogen) atoms. The summed E-state index contributed by atoms with van der Waals surface area (Å²) in [6.07, 6.45) is 2.43. The van der Waals surface area contributed by atoms with Crippen LogP contribution < -0.4 is 0 Å². The van der Waals surface area contributed by atoms with Gasteiger partial charge in [0.15, 0.2) is 0 Å². The Morgan fingerprint density at radius 3 is 2.35 bits per heavy atom. The SMILES string of the molecule is O=C(C(=O)N1CCC(O)(c2ccccc2)CC1)c1c[nH]c2ccccc12. The highest BCUT2D eigenvalue weighted by molar-refractivity contribution is 6.44. The number of nitrogens with zero attached hydrogens (tertiary/aromatic N) is 1. The number of aromatic amines is 1. The monoisotopic (exact) mass is 348 g/mol. The first kappa shape index (κ1) is 16.5. The summed E-state index contributed by atoms with van der Waals surface area (Å²) in [5.74, 6) is -1.02. The van der Waals surface area contributed by atoms with Crippen molar-refractivity contribution in [1.29, 1.82) is 0 Å². The van der Waals surface area contributed by atoms with Crippen molar-refractivity contribution in [3.63, 3.8) is 0 Å². The number of benzene rings is 2. The van der Waals surface area contributed by atoms with Crippen molar-refractivity contribution in [2.24, 2.45) is 0 Å². The van der Waals surface area contributed by atoms with Crippen molar-refractivity contribution < 1.29 is 14.7 Å². The molecule has 5 nitrogen and oxygen atoms in total. The molecule has 0 atom stereocenters. The first-order valence-electron chi connectivity index (χ1n) is 8.76. The molecular formula is C21H20N2O3. The van der Waals surface area contributed by atoms with Gasteiger partial charge in [0, 0.05) is 30.2 Å². The number of hydrogen-bond donors (Lipinski definition) is 2. The first-order valence-corrected chi connectivity index (χ1v) is 8.76. The number of aromatic nitrogens is 1. The Bertz CT molecular complexity index is 954. The topological polar surface area (TPSA) is 73.4 Å². The third-order valence-electron chi connectivity index (χ3n) is 5.22. The molecule has 0 saturated carbocycles. The molecule has 132 valence electrons. The number of carbonyl (C=O) groups is 2. The van der Waals surface area contributed by atoms with E-state index in [4.69, 9.17) is 0 Å². The lowest BCUT2D eigenvalue weighted by atomic mass is 9.84. The van der Waals surface area contributed by atoms with Crippen LogP contribution in [0, 0.1) is 0 Å². The van der Waals surface area contributed by atoms with Crippen molar-refractivity contribution in [2.45, 2.75) is 18.4 Å². The van der Waals surface area contributed by atoms with E-state index in [2.05, 4.69) is 4.98 Å². The maximum atomic E-state index is 12.7. The predicted molar refractivity (Wildman–Crippen MR) is 98.8 cm³/mol. The largest absolute Gasteiger partial charge is 0.385 e. The van der Waals surface area contributed by atoms with Gasteiger partial charge < -0.3 is 15.0 Å². The predicted octanol–water partition coefficient (Wildman–Crippen LogP) is 2.86. The van der Waals surface area contributed by atoms with Gasteiger partial charge in [-0.3, -0.25) is 9.59 Å². The normalized spacial score (nSPS) is 16.6. The minimum atomic E-state index is -0.943. The Hall–Kier alpha value is -2.92. The van der Waals surface area contributed by atoms with E-state index in [0.29, 0.717) is 31.5 Å². The molecule has 2 heterocycles. The minimum Gasteiger partial charge on any atom is -0.385 e.